The molecule has 2 fully saturated rings. The van der Waals surface area contributed by atoms with Crippen LogP contribution in [0.15, 0.2) is 73.8 Å². The number of piperidine rings is 2. The number of nitrogens with one attached hydrogen (secondary N) is 3. The molecule has 20 nitrogen and oxygen atoms in total. The summed E-state index contributed by atoms with van der Waals surface area (Å²) in [6.45, 7) is 14.7. The van der Waals surface area contributed by atoms with Crippen LogP contribution in [0.5, 0.6) is 11.5 Å². The van der Waals surface area contributed by atoms with Crippen molar-refractivity contribution in [1.29, 1.82) is 10.5 Å². The molecular formula is C47H54F2N16O4. The Kier molecular flexibility index (Phi) is 15.0. The molecule has 2 aromatic carbocycles. The molecule has 2 aliphatic heterocycles. The van der Waals surface area contributed by atoms with Crippen LogP contribution in [0, 0.1) is 22.7 Å². The number of aliphatic hydroxyl groups excluding tert-OH is 1. The lowest BCUT2D eigenvalue weighted by Crippen LogP contribution is -2.51. The fourth-order valence-electron chi connectivity index (χ4n) is 7.21. The number of nitriles is 2. The molecular weight excluding hydrogens is 891 g/mol. The van der Waals surface area contributed by atoms with E-state index in [1.807, 2.05) is 42.5 Å². The molecule has 2 aliphatic rings. The third-order valence-corrected chi connectivity index (χ3v) is 11.0. The summed E-state index contributed by atoms with van der Waals surface area (Å²) >= 11 is 0. The first-order chi connectivity index (χ1) is 32.9. The fourth-order valence-corrected chi connectivity index (χ4v) is 7.21. The maximum absolute atomic E-state index is 14.8. The van der Waals surface area contributed by atoms with Crippen molar-refractivity contribution in [3.05, 3.63) is 85.0 Å². The third kappa shape index (κ3) is 12.5. The SMILES string of the molecule is CC(C)(C)n1cc(Nc2ncnc(-c3ccc(O[C@H]4CCNC[C@H]4F)c(C#N)c3)n2)cn1.CC(O)C(=O)N1CC[C@H](Oc2ccc(-c3ncnc(Nc4cnn(C(C)(C)C)c4)n3)cc2C#N)[C@H](F)C1. The molecule has 6 heterocycles. The lowest BCUT2D eigenvalue weighted by Gasteiger charge is -2.35. The Morgan fingerprint density at radius 3 is 1.70 bits per heavy atom. The van der Waals surface area contributed by atoms with Gasteiger partial charge in [0, 0.05) is 43.0 Å². The molecule has 6 aromatic rings. The van der Waals surface area contributed by atoms with Gasteiger partial charge < -0.3 is 35.4 Å². The van der Waals surface area contributed by atoms with E-state index >= 15 is 0 Å². The maximum Gasteiger partial charge on any atom is 0.251 e. The second-order valence-electron chi connectivity index (χ2n) is 18.4. The summed E-state index contributed by atoms with van der Waals surface area (Å²) in [5.74, 6) is 1.49. The van der Waals surface area contributed by atoms with Gasteiger partial charge in [0.05, 0.1) is 52.5 Å². The van der Waals surface area contributed by atoms with Gasteiger partial charge in [-0.2, -0.15) is 30.7 Å². The highest BCUT2D eigenvalue weighted by Crippen LogP contribution is 2.30. The number of rotatable bonds is 11. The highest BCUT2D eigenvalue weighted by atomic mass is 19.1. The molecule has 69 heavy (non-hydrogen) atoms. The third-order valence-electron chi connectivity index (χ3n) is 11.0. The number of likely N-dealkylation sites (tertiary alicyclic amines) is 1. The van der Waals surface area contributed by atoms with Gasteiger partial charge in [0.2, 0.25) is 11.9 Å². The number of carbonyl (C=O) groups is 1. The number of ether oxygens (including phenoxy) is 2. The Bertz CT molecular complexity index is 2830. The van der Waals surface area contributed by atoms with Crippen LogP contribution in [0.2, 0.25) is 0 Å². The molecule has 0 bridgehead atoms. The van der Waals surface area contributed by atoms with E-state index in [2.05, 4.69) is 89.0 Å². The fraction of sp³-hybridized carbons (Fsp3) is 0.426. The van der Waals surface area contributed by atoms with E-state index in [0.29, 0.717) is 59.0 Å². The van der Waals surface area contributed by atoms with Crippen LogP contribution >= 0.6 is 0 Å². The van der Waals surface area contributed by atoms with Gasteiger partial charge in [-0.1, -0.05) is 0 Å². The number of amides is 1. The second kappa shape index (κ2) is 21.1. The highest BCUT2D eigenvalue weighted by Gasteiger charge is 2.35. The van der Waals surface area contributed by atoms with E-state index in [1.54, 1.807) is 48.8 Å². The van der Waals surface area contributed by atoms with Gasteiger partial charge in [-0.3, -0.25) is 14.2 Å². The van der Waals surface area contributed by atoms with E-state index in [4.69, 9.17) is 9.47 Å². The molecule has 0 saturated carbocycles. The van der Waals surface area contributed by atoms with Crippen LogP contribution in [-0.2, 0) is 15.9 Å². The molecule has 2 saturated heterocycles. The first-order valence-corrected chi connectivity index (χ1v) is 22.3. The van der Waals surface area contributed by atoms with Crippen LogP contribution in [0.25, 0.3) is 22.8 Å². The predicted octanol–water partition coefficient (Wildman–Crippen LogP) is 5.99. The molecule has 0 aliphatic carbocycles. The van der Waals surface area contributed by atoms with Gasteiger partial charge in [0.1, 0.15) is 60.8 Å². The Morgan fingerprint density at radius 2 is 1.28 bits per heavy atom. The van der Waals surface area contributed by atoms with E-state index in [0.717, 1.165) is 11.4 Å². The summed E-state index contributed by atoms with van der Waals surface area (Å²) in [6.07, 6.45) is 5.51. The minimum atomic E-state index is -1.46. The lowest BCUT2D eigenvalue weighted by molar-refractivity contribution is -0.143. The molecule has 22 heteroatoms. The Balaban J connectivity index is 0.000000206. The van der Waals surface area contributed by atoms with Gasteiger partial charge in [-0.25, -0.2) is 28.7 Å². The number of nitrogens with zero attached hydrogens (tertiary/aromatic N) is 13. The number of aromatic nitrogens is 10. The standard InChI is InChI=1S/C25H29FN8O3.C22H25FN8O/c1-15(35)23(36)33-8-7-21(19(26)13-33)37-20-6-5-16(9-17(20)10-27)22-28-14-29-24(32-22)31-18-11-30-34(12-18)25(2,3)4;1-22(2,3)31-12-16(10-28-31)29-21-27-13-26-20(30-21)14-4-5-18(15(8-14)9-24)32-19-6-7-25-11-17(19)23/h5-6,9,11-12,14-15,19,21,35H,7-8,13H2,1-4H3,(H,28,29,31,32);4-5,8,10,12-13,17,19,25H,6-7,11H2,1-3H3,(H,26,27,29,30)/t15?,19-,21+;17-,19+/m11/s1. The molecule has 8 rings (SSSR count). The minimum absolute atomic E-state index is 0.141. The quantitative estimate of drug-likeness (QED) is 0.116. The van der Waals surface area contributed by atoms with E-state index in [9.17, 15) is 29.2 Å². The molecule has 4 aromatic heterocycles. The van der Waals surface area contributed by atoms with Crippen molar-refractivity contribution < 1.29 is 28.2 Å². The first-order valence-electron chi connectivity index (χ1n) is 22.3. The van der Waals surface area contributed by atoms with Crippen LogP contribution in [0.1, 0.15) is 72.4 Å². The Labute approximate surface area is 397 Å². The Hall–Kier alpha value is -7.69. The monoisotopic (exact) mass is 944 g/mol. The number of anilines is 4. The predicted molar refractivity (Wildman–Crippen MR) is 250 cm³/mol. The van der Waals surface area contributed by atoms with Crippen LogP contribution in [0.3, 0.4) is 0 Å². The van der Waals surface area contributed by atoms with Gasteiger partial charge in [-0.05, 0) is 97.8 Å². The topological polar surface area (TPSA) is 256 Å². The molecule has 5 atom stereocenters. The van der Waals surface area contributed by atoms with Crippen molar-refractivity contribution in [1.82, 2.24) is 59.7 Å². The molecule has 1 unspecified atom stereocenters. The normalized spacial score (nSPS) is 18.7. The smallest absolute Gasteiger partial charge is 0.251 e. The van der Waals surface area contributed by atoms with E-state index < -0.39 is 36.6 Å². The molecule has 4 N–H and O–H groups in total. The van der Waals surface area contributed by atoms with Crippen molar-refractivity contribution in [2.45, 2.75) is 103 Å². The van der Waals surface area contributed by atoms with E-state index in [-0.39, 0.29) is 48.4 Å². The maximum atomic E-state index is 14.8. The van der Waals surface area contributed by atoms with Gasteiger partial charge >= 0.3 is 0 Å². The summed E-state index contributed by atoms with van der Waals surface area (Å²) in [6, 6.07) is 14.1. The van der Waals surface area contributed by atoms with Crippen molar-refractivity contribution in [2.75, 3.05) is 36.8 Å². The van der Waals surface area contributed by atoms with Crippen molar-refractivity contribution in [3.63, 3.8) is 0 Å². The van der Waals surface area contributed by atoms with Gasteiger partial charge in [0.15, 0.2) is 17.8 Å². The number of halogens is 2. The van der Waals surface area contributed by atoms with Crippen molar-refractivity contribution in [2.24, 2.45) is 0 Å². The summed E-state index contributed by atoms with van der Waals surface area (Å²) in [4.78, 5) is 38.9. The van der Waals surface area contributed by atoms with Crippen LogP contribution in [-0.4, -0.2) is 122 Å². The summed E-state index contributed by atoms with van der Waals surface area (Å²) < 4.78 is 44.1. The lowest BCUT2D eigenvalue weighted by atomic mass is 10.0. The number of carbonyl (C=O) groups excluding carboxylic acids is 1. The molecule has 0 radical (unpaired) electrons. The van der Waals surface area contributed by atoms with E-state index in [1.165, 1.54) is 24.5 Å². The van der Waals surface area contributed by atoms with Gasteiger partial charge in [-0.15, -0.1) is 0 Å². The number of aliphatic hydroxyl groups is 1. The minimum Gasteiger partial charge on any atom is -0.486 e. The molecule has 0 spiro atoms. The Morgan fingerprint density at radius 1 is 0.783 bits per heavy atom. The average Bonchev–Trinajstić information content (AvgIpc) is 4.02. The molecule has 1 amide bonds. The summed E-state index contributed by atoms with van der Waals surface area (Å²) in [5.41, 5.74) is 2.86. The zero-order valence-corrected chi connectivity index (χ0v) is 39.3. The average molecular weight is 945 g/mol. The van der Waals surface area contributed by atoms with Crippen molar-refractivity contribution in [3.8, 4) is 46.4 Å². The van der Waals surface area contributed by atoms with Crippen LogP contribution in [0.4, 0.5) is 32.1 Å². The zero-order chi connectivity index (χ0) is 49.5. The van der Waals surface area contributed by atoms with Crippen LogP contribution < -0.4 is 25.4 Å². The van der Waals surface area contributed by atoms with Gasteiger partial charge in [0.25, 0.3) is 5.91 Å². The second-order valence-corrected chi connectivity index (χ2v) is 18.4. The number of hydrogen-bond donors (Lipinski definition) is 4. The first kappa shape index (κ1) is 49.2. The molecule has 360 valence electrons. The number of hydrogen-bond acceptors (Lipinski definition) is 17. The largest absolute Gasteiger partial charge is 0.486 e. The zero-order valence-electron chi connectivity index (χ0n) is 39.3. The highest BCUT2D eigenvalue weighted by molar-refractivity contribution is 5.80. The summed E-state index contributed by atoms with van der Waals surface area (Å²) in [7, 11) is 0. The number of benzene rings is 2. The van der Waals surface area contributed by atoms with Crippen molar-refractivity contribution >= 4 is 29.2 Å². The number of alkyl halides is 2. The summed E-state index contributed by atoms with van der Waals surface area (Å²) in [5, 5.41) is 46.7.